The Morgan fingerprint density at radius 2 is 1.93 bits per heavy atom. The zero-order valence-electron chi connectivity index (χ0n) is 16.2. The second-order valence-electron chi connectivity index (χ2n) is 7.15. The molecule has 146 valence electrons. The van der Waals surface area contributed by atoms with Crippen molar-refractivity contribution in [2.24, 2.45) is 5.92 Å². The molecule has 2 N–H and O–H groups in total. The average Bonchev–Trinajstić information content (AvgIpc) is 3.07. The summed E-state index contributed by atoms with van der Waals surface area (Å²) in [4.78, 5) is 28.8. The molecule has 2 aromatic heterocycles. The lowest BCUT2D eigenvalue weighted by atomic mass is 9.99. The molecule has 0 radical (unpaired) electrons. The van der Waals surface area contributed by atoms with Crippen LogP contribution in [0.3, 0.4) is 0 Å². The first-order chi connectivity index (χ1) is 13.4. The zero-order chi connectivity index (χ0) is 20.3. The van der Waals surface area contributed by atoms with Crippen molar-refractivity contribution in [3.63, 3.8) is 0 Å². The maximum atomic E-state index is 12.7. The predicted molar refractivity (Wildman–Crippen MR) is 106 cm³/mol. The van der Waals surface area contributed by atoms with Gasteiger partial charge in [-0.3, -0.25) is 9.59 Å². The molecule has 3 aromatic rings. The summed E-state index contributed by atoms with van der Waals surface area (Å²) >= 11 is 0. The summed E-state index contributed by atoms with van der Waals surface area (Å²) < 4.78 is 1.81. The third kappa shape index (κ3) is 4.19. The fourth-order valence-corrected chi connectivity index (χ4v) is 3.13. The molecule has 0 aliphatic heterocycles. The van der Waals surface area contributed by atoms with Crippen molar-refractivity contribution in [2.45, 2.75) is 33.2 Å². The van der Waals surface area contributed by atoms with Crippen molar-refractivity contribution >= 4 is 22.9 Å². The van der Waals surface area contributed by atoms with Crippen LogP contribution in [0.25, 0.3) is 11.0 Å². The number of hydrogen-bond donors (Lipinski definition) is 2. The Labute approximate surface area is 163 Å². The summed E-state index contributed by atoms with van der Waals surface area (Å²) in [7, 11) is 0. The Hall–Kier alpha value is -3.22. The number of aryl methyl sites for hydroxylation is 1. The Balaban J connectivity index is 1.74. The van der Waals surface area contributed by atoms with Crippen LogP contribution in [0.2, 0.25) is 0 Å². The average molecular weight is 380 g/mol. The largest absolute Gasteiger partial charge is 0.481 e. The first kappa shape index (κ1) is 19.5. The van der Waals surface area contributed by atoms with Crippen LogP contribution >= 0.6 is 0 Å². The summed E-state index contributed by atoms with van der Waals surface area (Å²) in [5.74, 6) is -1.97. The quantitative estimate of drug-likeness (QED) is 0.657. The maximum absolute atomic E-state index is 12.7. The standard InChI is InChI=1S/C21H24N4O3/c1-13(2)25-19-16(12-23-25)10-18(14(3)24-19)20(26)22-11-17(21(27)28)9-15-7-5-4-6-8-15/h4-8,10,12-13,17H,9,11H2,1-3H3,(H,22,26)(H,27,28). The van der Waals surface area contributed by atoms with Gasteiger partial charge in [0.1, 0.15) is 0 Å². The number of fused-ring (bicyclic) bond motifs is 1. The Morgan fingerprint density at radius 1 is 1.21 bits per heavy atom. The molecule has 7 heteroatoms. The van der Waals surface area contributed by atoms with Crippen molar-refractivity contribution in [3.8, 4) is 0 Å². The third-order valence-electron chi connectivity index (χ3n) is 4.68. The minimum atomic E-state index is -0.937. The molecule has 0 aliphatic rings. The normalized spacial score (nSPS) is 12.3. The number of carboxylic acids is 1. The first-order valence-electron chi connectivity index (χ1n) is 9.26. The number of carboxylic acid groups (broad SMARTS) is 1. The SMILES string of the molecule is Cc1nc2c(cnn2C(C)C)cc1C(=O)NCC(Cc1ccccc1)C(=O)O. The topological polar surface area (TPSA) is 97.1 Å². The second-order valence-corrected chi connectivity index (χ2v) is 7.15. The number of benzene rings is 1. The van der Waals surface area contributed by atoms with Gasteiger partial charge in [-0.2, -0.15) is 5.10 Å². The van der Waals surface area contributed by atoms with E-state index in [9.17, 15) is 14.7 Å². The summed E-state index contributed by atoms with van der Waals surface area (Å²) in [6, 6.07) is 11.3. The molecule has 1 aromatic carbocycles. The van der Waals surface area contributed by atoms with E-state index < -0.39 is 11.9 Å². The van der Waals surface area contributed by atoms with Gasteiger partial charge >= 0.3 is 5.97 Å². The summed E-state index contributed by atoms with van der Waals surface area (Å²) in [6.45, 7) is 5.85. The highest BCUT2D eigenvalue weighted by atomic mass is 16.4. The molecule has 0 saturated carbocycles. The summed E-state index contributed by atoms with van der Waals surface area (Å²) in [5.41, 5.74) is 2.67. The molecule has 3 rings (SSSR count). The Bertz CT molecular complexity index is 996. The minimum Gasteiger partial charge on any atom is -0.481 e. The predicted octanol–water partition coefficient (Wildman–Crippen LogP) is 2.99. The molecule has 28 heavy (non-hydrogen) atoms. The molecule has 0 bridgehead atoms. The molecule has 2 heterocycles. The van der Waals surface area contributed by atoms with Gasteiger partial charge in [0.05, 0.1) is 23.4 Å². The van der Waals surface area contributed by atoms with Crippen molar-refractivity contribution in [1.82, 2.24) is 20.1 Å². The van der Waals surface area contributed by atoms with Crippen LogP contribution in [0.1, 0.15) is 41.5 Å². The Morgan fingerprint density at radius 3 is 2.57 bits per heavy atom. The molecule has 1 unspecified atom stereocenters. The molecule has 1 atom stereocenters. The number of amides is 1. The summed E-state index contributed by atoms with van der Waals surface area (Å²) in [5, 5.41) is 17.3. The lowest BCUT2D eigenvalue weighted by molar-refractivity contribution is -0.141. The van der Waals surface area contributed by atoms with Gasteiger partial charge in [-0.15, -0.1) is 0 Å². The number of aromatic nitrogens is 3. The van der Waals surface area contributed by atoms with E-state index in [1.807, 2.05) is 48.9 Å². The maximum Gasteiger partial charge on any atom is 0.308 e. The molecular weight excluding hydrogens is 356 g/mol. The van der Waals surface area contributed by atoms with Crippen molar-refractivity contribution < 1.29 is 14.7 Å². The van der Waals surface area contributed by atoms with Crippen LogP contribution in [0, 0.1) is 12.8 Å². The lowest BCUT2D eigenvalue weighted by Gasteiger charge is -2.14. The van der Waals surface area contributed by atoms with Crippen molar-refractivity contribution in [2.75, 3.05) is 6.54 Å². The number of rotatable bonds is 7. The van der Waals surface area contributed by atoms with Gasteiger partial charge in [0.2, 0.25) is 0 Å². The van der Waals surface area contributed by atoms with Crippen LogP contribution in [0.4, 0.5) is 0 Å². The highest BCUT2D eigenvalue weighted by Crippen LogP contribution is 2.19. The van der Waals surface area contributed by atoms with Gasteiger partial charge in [-0.1, -0.05) is 30.3 Å². The van der Waals surface area contributed by atoms with E-state index in [-0.39, 0.29) is 18.5 Å². The van der Waals surface area contributed by atoms with Gasteiger partial charge in [0.15, 0.2) is 5.65 Å². The van der Waals surface area contributed by atoms with E-state index in [0.29, 0.717) is 17.7 Å². The van der Waals surface area contributed by atoms with Crippen LogP contribution < -0.4 is 5.32 Å². The van der Waals surface area contributed by atoms with Crippen molar-refractivity contribution in [1.29, 1.82) is 0 Å². The van der Waals surface area contributed by atoms with E-state index in [1.54, 1.807) is 19.2 Å². The lowest BCUT2D eigenvalue weighted by Crippen LogP contribution is -2.34. The summed E-state index contributed by atoms with van der Waals surface area (Å²) in [6.07, 6.45) is 2.04. The molecule has 0 spiro atoms. The van der Waals surface area contributed by atoms with Gasteiger partial charge < -0.3 is 10.4 Å². The number of nitrogens with zero attached hydrogens (tertiary/aromatic N) is 3. The zero-order valence-corrected chi connectivity index (χ0v) is 16.2. The van der Waals surface area contributed by atoms with E-state index in [0.717, 1.165) is 16.6 Å². The van der Waals surface area contributed by atoms with Gasteiger partial charge in [0.25, 0.3) is 5.91 Å². The van der Waals surface area contributed by atoms with E-state index >= 15 is 0 Å². The Kier molecular flexibility index (Phi) is 5.73. The number of nitrogens with one attached hydrogen (secondary N) is 1. The van der Waals surface area contributed by atoms with Gasteiger partial charge in [0, 0.05) is 18.0 Å². The third-order valence-corrected chi connectivity index (χ3v) is 4.68. The van der Waals surface area contributed by atoms with Gasteiger partial charge in [-0.05, 0) is 38.8 Å². The molecule has 0 aliphatic carbocycles. The van der Waals surface area contributed by atoms with E-state index in [4.69, 9.17) is 0 Å². The van der Waals surface area contributed by atoms with Crippen LogP contribution in [-0.2, 0) is 11.2 Å². The van der Waals surface area contributed by atoms with E-state index in [1.165, 1.54) is 0 Å². The number of aliphatic carboxylic acids is 1. The second kappa shape index (κ2) is 8.21. The smallest absolute Gasteiger partial charge is 0.308 e. The first-order valence-corrected chi connectivity index (χ1v) is 9.26. The number of hydrogen-bond acceptors (Lipinski definition) is 4. The molecule has 7 nitrogen and oxygen atoms in total. The van der Waals surface area contributed by atoms with Crippen LogP contribution in [-0.4, -0.2) is 38.3 Å². The van der Waals surface area contributed by atoms with Crippen LogP contribution in [0.15, 0.2) is 42.6 Å². The monoisotopic (exact) mass is 380 g/mol. The number of carbonyl (C=O) groups excluding carboxylic acids is 1. The van der Waals surface area contributed by atoms with Crippen LogP contribution in [0.5, 0.6) is 0 Å². The number of pyridine rings is 1. The van der Waals surface area contributed by atoms with Crippen molar-refractivity contribution in [3.05, 3.63) is 59.4 Å². The number of carbonyl (C=O) groups is 2. The highest BCUT2D eigenvalue weighted by molar-refractivity contribution is 5.98. The van der Waals surface area contributed by atoms with E-state index in [2.05, 4.69) is 15.4 Å². The van der Waals surface area contributed by atoms with Gasteiger partial charge in [-0.25, -0.2) is 9.67 Å². The molecule has 0 saturated heterocycles. The molecule has 0 fully saturated rings. The molecule has 1 amide bonds. The minimum absolute atomic E-state index is 0.0474. The fourth-order valence-electron chi connectivity index (χ4n) is 3.13. The molecular formula is C21H24N4O3. The highest BCUT2D eigenvalue weighted by Gasteiger charge is 2.21. The fraction of sp³-hybridized carbons (Fsp3) is 0.333.